The van der Waals surface area contributed by atoms with Crippen LogP contribution >= 0.6 is 0 Å². The molecule has 3 aromatic rings. The Hall–Kier alpha value is -3.23. The van der Waals surface area contributed by atoms with Gasteiger partial charge in [-0.2, -0.15) is 0 Å². The van der Waals surface area contributed by atoms with Crippen molar-refractivity contribution in [2.24, 2.45) is 5.92 Å². The van der Waals surface area contributed by atoms with Crippen molar-refractivity contribution >= 4 is 27.3 Å². The van der Waals surface area contributed by atoms with Gasteiger partial charge in [-0.1, -0.05) is 12.1 Å². The number of pyridine rings is 1. The monoisotopic (exact) mass is 437 g/mol. The molecular formula is C23H23N3O4S. The second-order valence-electron chi connectivity index (χ2n) is 7.48. The lowest BCUT2D eigenvalue weighted by Gasteiger charge is -2.10. The molecule has 0 aliphatic heterocycles. The van der Waals surface area contributed by atoms with Crippen LogP contribution in [0, 0.1) is 5.92 Å². The molecule has 2 N–H and O–H groups in total. The standard InChI is InChI=1S/C23H23N3O4S/c27-23(25-21-3-1-2-18(14-21)16-30-15-17-4-5-17)19-6-8-22(9-7-19)31(28,29)26-20-10-12-24-13-11-20/h1-3,6-14,17H,4-5,15-16H2,(H,24,26)(H,25,27). The van der Waals surface area contributed by atoms with Crippen LogP contribution in [-0.4, -0.2) is 25.9 Å². The molecule has 0 spiro atoms. The maximum Gasteiger partial charge on any atom is 0.261 e. The molecule has 31 heavy (non-hydrogen) atoms. The molecule has 1 aliphatic rings. The zero-order chi connectivity index (χ0) is 21.7. The molecule has 0 bridgehead atoms. The van der Waals surface area contributed by atoms with Crippen molar-refractivity contribution in [1.82, 2.24) is 4.98 Å². The second-order valence-corrected chi connectivity index (χ2v) is 9.16. The molecule has 2 aromatic carbocycles. The van der Waals surface area contributed by atoms with E-state index in [0.717, 1.165) is 12.2 Å². The Morgan fingerprint density at radius 1 is 1.00 bits per heavy atom. The SMILES string of the molecule is O=C(Nc1cccc(COCC2CC2)c1)c1ccc(S(=O)(=O)Nc2ccncc2)cc1. The highest BCUT2D eigenvalue weighted by atomic mass is 32.2. The van der Waals surface area contributed by atoms with E-state index in [-0.39, 0.29) is 10.8 Å². The Morgan fingerprint density at radius 3 is 2.45 bits per heavy atom. The highest BCUT2D eigenvalue weighted by Gasteiger charge is 2.21. The predicted octanol–water partition coefficient (Wildman–Crippen LogP) is 4.06. The molecule has 4 rings (SSSR count). The predicted molar refractivity (Wildman–Crippen MR) is 118 cm³/mol. The van der Waals surface area contributed by atoms with E-state index in [1.807, 2.05) is 18.2 Å². The molecule has 8 heteroatoms. The van der Waals surface area contributed by atoms with Crippen LogP contribution in [0.5, 0.6) is 0 Å². The van der Waals surface area contributed by atoms with Crippen molar-refractivity contribution in [2.75, 3.05) is 16.6 Å². The zero-order valence-electron chi connectivity index (χ0n) is 16.8. The van der Waals surface area contributed by atoms with Crippen molar-refractivity contribution in [3.05, 3.63) is 84.2 Å². The molecule has 0 atom stereocenters. The molecule has 0 saturated heterocycles. The summed E-state index contributed by atoms with van der Waals surface area (Å²) >= 11 is 0. The molecule has 1 amide bonds. The van der Waals surface area contributed by atoms with Gasteiger partial charge >= 0.3 is 0 Å². The van der Waals surface area contributed by atoms with E-state index in [9.17, 15) is 13.2 Å². The molecule has 160 valence electrons. The number of carbonyl (C=O) groups is 1. The van der Waals surface area contributed by atoms with E-state index in [1.54, 1.807) is 18.2 Å². The number of nitrogens with one attached hydrogen (secondary N) is 2. The Balaban J connectivity index is 1.38. The van der Waals surface area contributed by atoms with Gasteiger partial charge in [0.2, 0.25) is 0 Å². The van der Waals surface area contributed by atoms with Crippen molar-refractivity contribution < 1.29 is 17.9 Å². The number of sulfonamides is 1. The number of rotatable bonds is 9. The Bertz CT molecular complexity index is 1140. The van der Waals surface area contributed by atoms with E-state index in [0.29, 0.717) is 29.5 Å². The highest BCUT2D eigenvalue weighted by Crippen LogP contribution is 2.29. The van der Waals surface area contributed by atoms with E-state index in [1.165, 1.54) is 49.5 Å². The minimum absolute atomic E-state index is 0.0654. The summed E-state index contributed by atoms with van der Waals surface area (Å²) in [6.45, 7) is 1.29. The molecule has 0 radical (unpaired) electrons. The fourth-order valence-corrected chi connectivity index (χ4v) is 4.05. The van der Waals surface area contributed by atoms with Gasteiger partial charge in [0, 0.05) is 30.3 Å². The van der Waals surface area contributed by atoms with Gasteiger partial charge < -0.3 is 10.1 Å². The number of aromatic nitrogens is 1. The lowest BCUT2D eigenvalue weighted by Crippen LogP contribution is -2.15. The number of carbonyl (C=O) groups excluding carboxylic acids is 1. The van der Waals surface area contributed by atoms with Gasteiger partial charge in [-0.25, -0.2) is 8.42 Å². The first-order chi connectivity index (χ1) is 15.0. The number of benzene rings is 2. The number of hydrogen-bond donors (Lipinski definition) is 2. The highest BCUT2D eigenvalue weighted by molar-refractivity contribution is 7.92. The van der Waals surface area contributed by atoms with Crippen molar-refractivity contribution in [2.45, 2.75) is 24.3 Å². The van der Waals surface area contributed by atoms with Gasteiger partial charge in [0.1, 0.15) is 0 Å². The largest absolute Gasteiger partial charge is 0.376 e. The first-order valence-corrected chi connectivity index (χ1v) is 11.5. The molecule has 1 aliphatic carbocycles. The fraction of sp³-hybridized carbons (Fsp3) is 0.217. The van der Waals surface area contributed by atoms with Gasteiger partial charge in [0.25, 0.3) is 15.9 Å². The van der Waals surface area contributed by atoms with Crippen LogP contribution < -0.4 is 10.0 Å². The summed E-state index contributed by atoms with van der Waals surface area (Å²) in [6, 6.07) is 16.4. The van der Waals surface area contributed by atoms with Crippen LogP contribution in [0.3, 0.4) is 0 Å². The van der Waals surface area contributed by atoms with Crippen LogP contribution in [0.15, 0.2) is 78.0 Å². The minimum atomic E-state index is -3.75. The van der Waals surface area contributed by atoms with Crippen LogP contribution in [0.4, 0.5) is 11.4 Å². The zero-order valence-corrected chi connectivity index (χ0v) is 17.6. The molecule has 0 unspecified atom stereocenters. The molecule has 1 aromatic heterocycles. The van der Waals surface area contributed by atoms with Crippen LogP contribution in [-0.2, 0) is 21.4 Å². The summed E-state index contributed by atoms with van der Waals surface area (Å²) < 4.78 is 33.2. The third kappa shape index (κ3) is 5.90. The summed E-state index contributed by atoms with van der Waals surface area (Å²) in [4.78, 5) is 16.5. The lowest BCUT2D eigenvalue weighted by atomic mass is 10.2. The molecule has 7 nitrogen and oxygen atoms in total. The van der Waals surface area contributed by atoms with Gasteiger partial charge in [-0.05, 0) is 72.9 Å². The van der Waals surface area contributed by atoms with E-state index < -0.39 is 10.0 Å². The summed E-state index contributed by atoms with van der Waals surface area (Å²) in [5.74, 6) is 0.386. The van der Waals surface area contributed by atoms with Gasteiger partial charge in [0.15, 0.2) is 0 Å². The summed E-state index contributed by atoms with van der Waals surface area (Å²) in [6.07, 6.45) is 5.49. The maximum atomic E-state index is 12.6. The number of amides is 1. The first kappa shape index (κ1) is 21.0. The van der Waals surface area contributed by atoms with Crippen molar-refractivity contribution in [1.29, 1.82) is 0 Å². The van der Waals surface area contributed by atoms with Crippen molar-refractivity contribution in [3.8, 4) is 0 Å². The molecular weight excluding hydrogens is 414 g/mol. The van der Waals surface area contributed by atoms with Gasteiger partial charge in [-0.3, -0.25) is 14.5 Å². The second kappa shape index (κ2) is 9.28. The maximum absolute atomic E-state index is 12.6. The summed E-state index contributed by atoms with van der Waals surface area (Å²) in [5.41, 5.74) is 2.42. The van der Waals surface area contributed by atoms with Crippen LogP contribution in [0.25, 0.3) is 0 Å². The van der Waals surface area contributed by atoms with Crippen LogP contribution in [0.2, 0.25) is 0 Å². The van der Waals surface area contributed by atoms with Gasteiger partial charge in [0.05, 0.1) is 17.2 Å². The topological polar surface area (TPSA) is 97.4 Å². The van der Waals surface area contributed by atoms with E-state index >= 15 is 0 Å². The third-order valence-electron chi connectivity index (χ3n) is 4.86. The Morgan fingerprint density at radius 2 is 1.74 bits per heavy atom. The Kier molecular flexibility index (Phi) is 6.29. The smallest absolute Gasteiger partial charge is 0.261 e. The van der Waals surface area contributed by atoms with E-state index in [2.05, 4.69) is 15.0 Å². The average Bonchev–Trinajstić information content (AvgIpc) is 3.59. The average molecular weight is 438 g/mol. The van der Waals surface area contributed by atoms with Crippen molar-refractivity contribution in [3.63, 3.8) is 0 Å². The number of nitrogens with zero attached hydrogens (tertiary/aromatic N) is 1. The fourth-order valence-electron chi connectivity index (χ4n) is 2.99. The minimum Gasteiger partial charge on any atom is -0.376 e. The van der Waals surface area contributed by atoms with E-state index in [4.69, 9.17) is 4.74 Å². The first-order valence-electron chi connectivity index (χ1n) is 10.0. The summed E-state index contributed by atoms with van der Waals surface area (Å²) in [7, 11) is -3.75. The Labute approximate surface area is 181 Å². The number of anilines is 2. The third-order valence-corrected chi connectivity index (χ3v) is 6.26. The molecule has 1 heterocycles. The summed E-state index contributed by atoms with van der Waals surface area (Å²) in [5, 5.41) is 2.84. The quantitative estimate of drug-likeness (QED) is 0.526. The van der Waals surface area contributed by atoms with Crippen LogP contribution in [0.1, 0.15) is 28.8 Å². The lowest BCUT2D eigenvalue weighted by molar-refractivity contribution is 0.102. The number of hydrogen-bond acceptors (Lipinski definition) is 5. The number of ether oxygens (including phenoxy) is 1. The van der Waals surface area contributed by atoms with Gasteiger partial charge in [-0.15, -0.1) is 0 Å². The molecule has 1 saturated carbocycles. The molecule has 1 fully saturated rings. The normalized spacial score (nSPS) is 13.5.